The predicted molar refractivity (Wildman–Crippen MR) is 82.3 cm³/mol. The topological polar surface area (TPSA) is 71.4 Å². The average Bonchev–Trinajstić information content (AvgIpc) is 2.45. The molecule has 0 radical (unpaired) electrons. The molecule has 5 heteroatoms. The number of carboxylic acid groups (broad SMARTS) is 1. The molecule has 0 amide bonds. The Labute approximate surface area is 126 Å². The second-order valence-corrected chi connectivity index (χ2v) is 8.28. The highest BCUT2D eigenvalue weighted by Crippen LogP contribution is 2.39. The van der Waals surface area contributed by atoms with Gasteiger partial charge in [0.2, 0.25) is 0 Å². The van der Waals surface area contributed by atoms with Crippen molar-refractivity contribution in [3.63, 3.8) is 0 Å². The molecule has 1 N–H and O–H groups in total. The van der Waals surface area contributed by atoms with E-state index in [1.807, 2.05) is 24.3 Å². The molecule has 21 heavy (non-hydrogen) atoms. The molecule has 116 valence electrons. The lowest BCUT2D eigenvalue weighted by Crippen LogP contribution is -2.37. The molecule has 0 atom stereocenters. The van der Waals surface area contributed by atoms with Gasteiger partial charge in [0.15, 0.2) is 0 Å². The fraction of sp³-hybridized carbons (Fsp3) is 0.562. The second kappa shape index (κ2) is 6.18. The molecule has 0 heterocycles. The number of rotatable bonds is 5. The van der Waals surface area contributed by atoms with Crippen molar-refractivity contribution in [3.05, 3.63) is 35.4 Å². The minimum Gasteiger partial charge on any atom is -0.481 e. The van der Waals surface area contributed by atoms with E-state index in [0.717, 1.165) is 30.4 Å². The summed E-state index contributed by atoms with van der Waals surface area (Å²) in [4.78, 5) is 11.7. The van der Waals surface area contributed by atoms with Crippen molar-refractivity contribution in [1.29, 1.82) is 0 Å². The third-order valence-electron chi connectivity index (χ3n) is 4.38. The standard InChI is InChI=1S/C16H22O4S/c1-21(19,20)12-9-13-5-7-14(8-6-13)16(15(17)18)10-3-2-4-11-16/h5-8H,2-4,9-12H2,1H3,(H,17,18). The van der Waals surface area contributed by atoms with Gasteiger partial charge in [-0.3, -0.25) is 4.79 Å². The number of aliphatic carboxylic acids is 1. The number of carboxylic acids is 1. The molecule has 1 aliphatic rings. The molecule has 0 spiro atoms. The first kappa shape index (κ1) is 16.0. The van der Waals surface area contributed by atoms with Crippen LogP contribution in [0.3, 0.4) is 0 Å². The van der Waals surface area contributed by atoms with Crippen LogP contribution in [0.5, 0.6) is 0 Å². The van der Waals surface area contributed by atoms with Crippen LogP contribution in [0.2, 0.25) is 0 Å². The van der Waals surface area contributed by atoms with Crippen LogP contribution in [-0.4, -0.2) is 31.5 Å². The van der Waals surface area contributed by atoms with E-state index in [0.29, 0.717) is 19.3 Å². The summed E-state index contributed by atoms with van der Waals surface area (Å²) < 4.78 is 22.4. The molecule has 0 unspecified atom stereocenters. The number of benzene rings is 1. The number of carbonyl (C=O) groups is 1. The van der Waals surface area contributed by atoms with Gasteiger partial charge in [-0.25, -0.2) is 8.42 Å². The van der Waals surface area contributed by atoms with E-state index in [2.05, 4.69) is 0 Å². The summed E-state index contributed by atoms with van der Waals surface area (Å²) >= 11 is 0. The van der Waals surface area contributed by atoms with Crippen LogP contribution >= 0.6 is 0 Å². The maximum atomic E-state index is 11.7. The summed E-state index contributed by atoms with van der Waals surface area (Å²) in [5, 5.41) is 9.64. The summed E-state index contributed by atoms with van der Waals surface area (Å²) in [6.07, 6.45) is 6.06. The third kappa shape index (κ3) is 3.84. The maximum absolute atomic E-state index is 11.7. The first-order valence-corrected chi connectivity index (χ1v) is 9.40. The van der Waals surface area contributed by atoms with E-state index in [9.17, 15) is 18.3 Å². The first-order valence-electron chi connectivity index (χ1n) is 7.34. The zero-order chi connectivity index (χ0) is 15.5. The van der Waals surface area contributed by atoms with Crippen LogP contribution in [-0.2, 0) is 26.5 Å². The van der Waals surface area contributed by atoms with Gasteiger partial charge in [0.25, 0.3) is 0 Å². The van der Waals surface area contributed by atoms with Crippen LogP contribution in [0.1, 0.15) is 43.2 Å². The molecular weight excluding hydrogens is 288 g/mol. The average molecular weight is 310 g/mol. The molecule has 1 aromatic rings. The smallest absolute Gasteiger partial charge is 0.314 e. The van der Waals surface area contributed by atoms with Crippen molar-refractivity contribution in [2.24, 2.45) is 0 Å². The highest BCUT2D eigenvalue weighted by molar-refractivity contribution is 7.90. The van der Waals surface area contributed by atoms with E-state index >= 15 is 0 Å². The predicted octanol–water partition coefficient (Wildman–Crippen LogP) is 2.56. The van der Waals surface area contributed by atoms with E-state index < -0.39 is 21.2 Å². The Hall–Kier alpha value is -1.36. The van der Waals surface area contributed by atoms with Gasteiger partial charge in [-0.1, -0.05) is 43.5 Å². The largest absolute Gasteiger partial charge is 0.481 e. The molecule has 4 nitrogen and oxygen atoms in total. The van der Waals surface area contributed by atoms with Crippen molar-refractivity contribution >= 4 is 15.8 Å². The molecule has 1 saturated carbocycles. The molecule has 1 aromatic carbocycles. The van der Waals surface area contributed by atoms with Crippen molar-refractivity contribution in [1.82, 2.24) is 0 Å². The van der Waals surface area contributed by atoms with Crippen molar-refractivity contribution in [2.45, 2.75) is 43.9 Å². The second-order valence-electron chi connectivity index (χ2n) is 6.02. The Morgan fingerprint density at radius 3 is 2.19 bits per heavy atom. The molecule has 0 bridgehead atoms. The van der Waals surface area contributed by atoms with Gasteiger partial charge in [-0.05, 0) is 30.4 Å². The quantitative estimate of drug-likeness (QED) is 0.907. The number of hydrogen-bond donors (Lipinski definition) is 1. The summed E-state index contributed by atoms with van der Waals surface area (Å²) in [5.74, 6) is -0.623. The first-order chi connectivity index (χ1) is 9.83. The highest BCUT2D eigenvalue weighted by atomic mass is 32.2. The van der Waals surface area contributed by atoms with Gasteiger partial charge < -0.3 is 5.11 Å². The Kier molecular flexibility index (Phi) is 4.71. The lowest BCUT2D eigenvalue weighted by molar-refractivity contribution is -0.145. The van der Waals surface area contributed by atoms with Crippen molar-refractivity contribution < 1.29 is 18.3 Å². The summed E-state index contributed by atoms with van der Waals surface area (Å²) in [6.45, 7) is 0. The molecule has 0 aromatic heterocycles. The molecule has 0 saturated heterocycles. The summed E-state index contributed by atoms with van der Waals surface area (Å²) in [5.41, 5.74) is 1.02. The lowest BCUT2D eigenvalue weighted by Gasteiger charge is -2.33. The van der Waals surface area contributed by atoms with Gasteiger partial charge in [0.05, 0.1) is 11.2 Å². The van der Waals surface area contributed by atoms with Crippen LogP contribution in [0.25, 0.3) is 0 Å². The fourth-order valence-corrected chi connectivity index (χ4v) is 3.68. The maximum Gasteiger partial charge on any atom is 0.314 e. The minimum absolute atomic E-state index is 0.121. The molecule has 1 aliphatic carbocycles. The normalized spacial score (nSPS) is 18.3. The molecular formula is C16H22O4S. The van der Waals surface area contributed by atoms with E-state index in [1.54, 1.807) is 0 Å². The van der Waals surface area contributed by atoms with Crippen LogP contribution in [0.15, 0.2) is 24.3 Å². The third-order valence-corrected chi connectivity index (χ3v) is 5.33. The van der Waals surface area contributed by atoms with Crippen molar-refractivity contribution in [3.8, 4) is 0 Å². The van der Waals surface area contributed by atoms with Crippen LogP contribution in [0, 0.1) is 0 Å². The zero-order valence-electron chi connectivity index (χ0n) is 12.3. The summed E-state index contributed by atoms with van der Waals surface area (Å²) in [7, 11) is -2.97. The van der Waals surface area contributed by atoms with E-state index in [-0.39, 0.29) is 5.75 Å². The van der Waals surface area contributed by atoms with Gasteiger partial charge in [-0.2, -0.15) is 0 Å². The fourth-order valence-electron chi connectivity index (χ4n) is 3.08. The lowest BCUT2D eigenvalue weighted by atomic mass is 9.69. The molecule has 1 fully saturated rings. The van der Waals surface area contributed by atoms with Gasteiger partial charge in [-0.15, -0.1) is 0 Å². The van der Waals surface area contributed by atoms with Gasteiger partial charge in [0.1, 0.15) is 9.84 Å². The van der Waals surface area contributed by atoms with E-state index in [4.69, 9.17) is 0 Å². The van der Waals surface area contributed by atoms with Crippen molar-refractivity contribution in [2.75, 3.05) is 12.0 Å². The monoisotopic (exact) mass is 310 g/mol. The molecule has 2 rings (SSSR count). The summed E-state index contributed by atoms with van der Waals surface area (Å²) in [6, 6.07) is 7.44. The van der Waals surface area contributed by atoms with Crippen LogP contribution < -0.4 is 0 Å². The Morgan fingerprint density at radius 1 is 1.14 bits per heavy atom. The van der Waals surface area contributed by atoms with Gasteiger partial charge >= 0.3 is 5.97 Å². The van der Waals surface area contributed by atoms with E-state index in [1.165, 1.54) is 6.26 Å². The van der Waals surface area contributed by atoms with Gasteiger partial charge in [0, 0.05) is 6.26 Å². The minimum atomic E-state index is -2.97. The SMILES string of the molecule is CS(=O)(=O)CCc1ccc(C2(C(=O)O)CCCCC2)cc1. The number of aryl methyl sites for hydroxylation is 1. The highest BCUT2D eigenvalue weighted by Gasteiger charge is 2.41. The Balaban J connectivity index is 2.18. The number of hydrogen-bond acceptors (Lipinski definition) is 3. The Morgan fingerprint density at radius 2 is 1.71 bits per heavy atom. The number of sulfone groups is 1. The van der Waals surface area contributed by atoms with Crippen LogP contribution in [0.4, 0.5) is 0 Å². The zero-order valence-corrected chi connectivity index (χ0v) is 13.2. The molecule has 0 aliphatic heterocycles. The Bertz CT molecular complexity index is 596.